The molecule has 4 heterocycles. The van der Waals surface area contributed by atoms with Crippen LogP contribution in [0.2, 0.25) is 16.6 Å². The molecule has 10 nitrogen and oxygen atoms in total. The summed E-state index contributed by atoms with van der Waals surface area (Å²) < 4.78 is 88.0. The van der Waals surface area contributed by atoms with Gasteiger partial charge >= 0.3 is 12.1 Å². The molecule has 1 amide bonds. The van der Waals surface area contributed by atoms with Crippen LogP contribution >= 0.6 is 0 Å². The molecule has 2 bridgehead atoms. The third kappa shape index (κ3) is 9.27. The zero-order chi connectivity index (χ0) is 49.4. The summed E-state index contributed by atoms with van der Waals surface area (Å²) in [6, 6.07) is 10.0. The van der Waals surface area contributed by atoms with Gasteiger partial charge < -0.3 is 28.7 Å². The number of piperazine rings is 1. The fraction of sp³-hybridized carbons (Fsp3) is 0.611. The maximum Gasteiger partial charge on any atom is 0.410 e. The summed E-state index contributed by atoms with van der Waals surface area (Å²) in [5.41, 5.74) is 3.55. The van der Waals surface area contributed by atoms with E-state index in [-0.39, 0.29) is 71.5 Å². The van der Waals surface area contributed by atoms with Crippen LogP contribution in [-0.4, -0.2) is 111 Å². The Labute approximate surface area is 405 Å². The SMILES string of the molecule is COCOc1cc(-c2c(F)cc3c(N4CC5CCC(C4)N5C(=O)OC(C)(C)C)nc(OCC4(CN5CCCC6(C5)CC6(F)F)CC4)nc3c2F)c2c(C#C[Si](C(C)C)(C(C)C)C(C)C)cccc2c1. The highest BCUT2D eigenvalue weighted by Crippen LogP contribution is 2.65. The quantitative estimate of drug-likeness (QED) is 0.0562. The molecule has 3 aromatic carbocycles. The molecule has 3 atom stereocenters. The largest absolute Gasteiger partial charge is 0.468 e. The lowest BCUT2D eigenvalue weighted by Crippen LogP contribution is -2.57. The average molecular weight is 972 g/mol. The molecule has 15 heteroatoms. The normalized spacial score (nSPS) is 23.0. The summed E-state index contributed by atoms with van der Waals surface area (Å²) in [5, 5.41) is 1.46. The predicted octanol–water partition coefficient (Wildman–Crippen LogP) is 12.1. The van der Waals surface area contributed by atoms with E-state index in [1.165, 1.54) is 13.2 Å². The van der Waals surface area contributed by atoms with Gasteiger partial charge in [0.25, 0.3) is 5.92 Å². The molecule has 2 saturated carbocycles. The molecular formula is C54H69F4N5O5Si. The third-order valence-corrected chi connectivity index (χ3v) is 22.3. The maximum absolute atomic E-state index is 18.1. The van der Waals surface area contributed by atoms with Crippen molar-refractivity contribution in [2.75, 3.05) is 58.1 Å². The average Bonchev–Trinajstić information content (AvgIpc) is 4.12. The lowest BCUT2D eigenvalue weighted by atomic mass is 9.93. The zero-order valence-electron chi connectivity index (χ0n) is 42.0. The maximum atomic E-state index is 18.1. The van der Waals surface area contributed by atoms with Gasteiger partial charge in [0.1, 0.15) is 36.6 Å². The summed E-state index contributed by atoms with van der Waals surface area (Å²) >= 11 is 0. The Morgan fingerprint density at radius 3 is 2.23 bits per heavy atom. The molecule has 5 fully saturated rings. The Morgan fingerprint density at radius 1 is 0.942 bits per heavy atom. The van der Waals surface area contributed by atoms with Gasteiger partial charge in [0.05, 0.1) is 29.7 Å². The van der Waals surface area contributed by atoms with Crippen molar-refractivity contribution in [2.45, 2.75) is 147 Å². The summed E-state index contributed by atoms with van der Waals surface area (Å²) in [5.74, 6) is -0.0668. The number of hydrogen-bond acceptors (Lipinski definition) is 9. The number of carbonyl (C=O) groups excluding carboxylic acids is 1. The summed E-state index contributed by atoms with van der Waals surface area (Å²) in [6.07, 6.45) is 4.01. The number of ether oxygens (including phenoxy) is 4. The van der Waals surface area contributed by atoms with Gasteiger partial charge in [-0.15, -0.1) is 5.54 Å². The van der Waals surface area contributed by atoms with Gasteiger partial charge in [-0.25, -0.2) is 22.4 Å². The third-order valence-electron chi connectivity index (χ3n) is 16.0. The van der Waals surface area contributed by atoms with Crippen molar-refractivity contribution in [1.82, 2.24) is 19.8 Å². The molecule has 4 aromatic rings. The zero-order valence-corrected chi connectivity index (χ0v) is 43.0. The number of halogens is 4. The number of aromatic nitrogens is 2. The Morgan fingerprint density at radius 2 is 1.62 bits per heavy atom. The van der Waals surface area contributed by atoms with Crippen LogP contribution in [0, 0.1) is 33.9 Å². The van der Waals surface area contributed by atoms with Crippen LogP contribution in [-0.2, 0) is 9.47 Å². The lowest BCUT2D eigenvalue weighted by molar-refractivity contribution is 0.0121. The molecule has 3 saturated heterocycles. The highest BCUT2D eigenvalue weighted by Gasteiger charge is 2.71. The van der Waals surface area contributed by atoms with Gasteiger partial charge in [0, 0.05) is 67.0 Å². The number of fused-ring (bicyclic) bond motifs is 4. The first-order chi connectivity index (χ1) is 32.6. The highest BCUT2D eigenvalue weighted by molar-refractivity contribution is 6.90. The summed E-state index contributed by atoms with van der Waals surface area (Å²) in [7, 11) is -0.715. The van der Waals surface area contributed by atoms with Crippen LogP contribution in [0.15, 0.2) is 36.4 Å². The van der Waals surface area contributed by atoms with Gasteiger partial charge in [-0.3, -0.25) is 4.90 Å². The van der Waals surface area contributed by atoms with Crippen LogP contribution in [0.5, 0.6) is 11.8 Å². The number of likely N-dealkylation sites (tertiary alicyclic amines) is 1. The van der Waals surface area contributed by atoms with Crippen molar-refractivity contribution in [1.29, 1.82) is 0 Å². The number of alkyl halides is 2. The van der Waals surface area contributed by atoms with E-state index in [1.54, 1.807) is 11.0 Å². The van der Waals surface area contributed by atoms with Crippen molar-refractivity contribution in [3.05, 3.63) is 53.6 Å². The first-order valence-corrected chi connectivity index (χ1v) is 27.2. The van der Waals surface area contributed by atoms with Crippen LogP contribution < -0.4 is 14.4 Å². The number of anilines is 1. The summed E-state index contributed by atoms with van der Waals surface area (Å²) in [4.78, 5) is 29.1. The fourth-order valence-electron chi connectivity index (χ4n) is 12.3. The fourth-order valence-corrected chi connectivity index (χ4v) is 17.5. The van der Waals surface area contributed by atoms with Gasteiger partial charge in [0.2, 0.25) is 0 Å². The van der Waals surface area contributed by atoms with E-state index >= 15 is 8.78 Å². The molecule has 0 radical (unpaired) electrons. The molecule has 2 aliphatic carbocycles. The van der Waals surface area contributed by atoms with Crippen molar-refractivity contribution in [3.63, 3.8) is 0 Å². The Kier molecular flexibility index (Phi) is 13.0. The minimum atomic E-state index is -2.61. The monoisotopic (exact) mass is 972 g/mol. The minimum absolute atomic E-state index is 0.0543. The van der Waals surface area contributed by atoms with Crippen LogP contribution in [0.4, 0.5) is 28.2 Å². The topological polar surface area (TPSA) is 89.5 Å². The van der Waals surface area contributed by atoms with Gasteiger partial charge in [-0.05, 0) is 112 Å². The Balaban J connectivity index is 1.15. The molecule has 3 aliphatic heterocycles. The lowest BCUT2D eigenvalue weighted by Gasteiger charge is -2.42. The number of piperidine rings is 1. The number of methoxy groups -OCH3 is 1. The van der Waals surface area contributed by atoms with E-state index in [2.05, 4.69) is 57.9 Å². The molecule has 69 heavy (non-hydrogen) atoms. The van der Waals surface area contributed by atoms with E-state index in [1.807, 2.05) is 49.9 Å². The number of carbonyl (C=O) groups is 1. The first kappa shape index (κ1) is 49.3. The van der Waals surface area contributed by atoms with E-state index in [0.717, 1.165) is 38.6 Å². The van der Waals surface area contributed by atoms with Crippen molar-refractivity contribution in [2.24, 2.45) is 10.8 Å². The minimum Gasteiger partial charge on any atom is -0.468 e. The molecule has 372 valence electrons. The van der Waals surface area contributed by atoms with Gasteiger partial charge in [-0.2, -0.15) is 9.97 Å². The number of nitrogens with zero attached hydrogens (tertiary/aromatic N) is 5. The van der Waals surface area contributed by atoms with Crippen LogP contribution in [0.3, 0.4) is 0 Å². The molecule has 5 aliphatic rings. The standard InChI is InChI=1S/C54H69F4N5O5Si/c1-33(2)69(34(3)4,35(5)6)22-17-36-13-11-14-37-23-40(67-32-65-10)24-41(44(36)37)45-43(55)25-42-47(46(45)56)59-49(66-31-52(19-20-52)29-61-21-12-18-53(30-61)28-54(53,57)58)60-48(42)62-26-38-15-16-39(27-62)63(38)50(64)68-51(7,8)9/h11,13-14,23-25,33-35,38-39H,12,15-16,18-21,26-32H2,1-10H3. The Hall–Kier alpha value is -4.65. The molecule has 1 spiro atoms. The number of benzene rings is 3. The molecular weight excluding hydrogens is 903 g/mol. The van der Waals surface area contributed by atoms with Gasteiger partial charge in [-0.1, -0.05) is 59.6 Å². The van der Waals surface area contributed by atoms with E-state index < -0.39 is 36.6 Å². The second-order valence-corrected chi connectivity index (χ2v) is 28.4. The van der Waals surface area contributed by atoms with Crippen molar-refractivity contribution < 1.29 is 41.3 Å². The van der Waals surface area contributed by atoms with E-state index in [0.29, 0.717) is 77.1 Å². The smallest absolute Gasteiger partial charge is 0.410 e. The summed E-state index contributed by atoms with van der Waals surface area (Å²) in [6.45, 7) is 21.6. The molecule has 1 aromatic heterocycles. The number of amides is 1. The van der Waals surface area contributed by atoms with Crippen molar-refractivity contribution in [3.8, 4) is 34.4 Å². The first-order valence-electron chi connectivity index (χ1n) is 25.0. The number of rotatable bonds is 13. The highest BCUT2D eigenvalue weighted by atomic mass is 28.3. The molecule has 3 unspecified atom stereocenters. The van der Waals surface area contributed by atoms with Crippen LogP contribution in [0.25, 0.3) is 32.8 Å². The molecule has 0 N–H and O–H groups in total. The predicted molar refractivity (Wildman–Crippen MR) is 265 cm³/mol. The van der Waals surface area contributed by atoms with E-state index in [4.69, 9.17) is 28.9 Å². The van der Waals surface area contributed by atoms with E-state index in [9.17, 15) is 13.6 Å². The van der Waals surface area contributed by atoms with Gasteiger partial charge in [0.15, 0.2) is 12.6 Å². The second-order valence-electron chi connectivity index (χ2n) is 22.8. The Bertz CT molecular complexity index is 2660. The number of hydrogen-bond donors (Lipinski definition) is 0. The van der Waals surface area contributed by atoms with Crippen molar-refractivity contribution >= 4 is 41.7 Å². The molecule has 9 rings (SSSR count). The van der Waals surface area contributed by atoms with Crippen LogP contribution in [0.1, 0.15) is 113 Å². The second kappa shape index (κ2) is 18.2.